The number of hydrogen-bond acceptors (Lipinski definition) is 8. The van der Waals surface area contributed by atoms with Crippen molar-refractivity contribution in [3.63, 3.8) is 0 Å². The summed E-state index contributed by atoms with van der Waals surface area (Å²) in [5.41, 5.74) is 6.03. The molecule has 12 aromatic rings. The molecule has 0 aliphatic carbocycles. The summed E-state index contributed by atoms with van der Waals surface area (Å²) in [7, 11) is 2.07. The van der Waals surface area contributed by atoms with E-state index in [4.69, 9.17) is 37.9 Å². The van der Waals surface area contributed by atoms with Crippen molar-refractivity contribution in [2.45, 2.75) is 116 Å². The number of ether oxygens (including phenoxy) is 8. The molecule has 0 saturated heterocycles. The molecular formula is C92H92O8Si4. The third kappa shape index (κ3) is 19.9. The zero-order valence-corrected chi connectivity index (χ0v) is 65.4. The number of hydrogen-bond donors (Lipinski definition) is 0. The van der Waals surface area contributed by atoms with Gasteiger partial charge in [-0.3, -0.25) is 0 Å². The first-order chi connectivity index (χ1) is 50.5. The molecule has 0 heterocycles. The average Bonchev–Trinajstić information content (AvgIpc) is 0.766. The number of benzene rings is 12. The highest BCUT2D eigenvalue weighted by Gasteiger charge is 2.43. The van der Waals surface area contributed by atoms with E-state index in [0.717, 1.165) is 126 Å². The van der Waals surface area contributed by atoms with Crippen LogP contribution in [-0.2, 0) is 31.9 Å². The molecule has 12 aromatic carbocycles. The zero-order chi connectivity index (χ0) is 72.8. The summed E-state index contributed by atoms with van der Waals surface area (Å²) in [6, 6.07) is 107. The van der Waals surface area contributed by atoms with Crippen LogP contribution in [-0.4, -0.2) is 51.3 Å². The van der Waals surface area contributed by atoms with Crippen LogP contribution in [0.4, 0.5) is 0 Å². The van der Waals surface area contributed by atoms with Crippen LogP contribution >= 0.6 is 0 Å². The van der Waals surface area contributed by atoms with Crippen molar-refractivity contribution in [2.75, 3.05) is 13.2 Å². The molecule has 0 fully saturated rings. The molecule has 0 aromatic heterocycles. The molecule has 0 spiro atoms. The highest BCUT2D eigenvalue weighted by molar-refractivity contribution is 6.55. The van der Waals surface area contributed by atoms with Crippen LogP contribution in [0.5, 0.6) is 57.5 Å². The molecule has 4 atom stereocenters. The van der Waals surface area contributed by atoms with Crippen LogP contribution in [0.1, 0.15) is 86.1 Å². The van der Waals surface area contributed by atoms with E-state index < -0.39 is 22.4 Å². The van der Waals surface area contributed by atoms with E-state index in [1.807, 2.05) is 147 Å². The van der Waals surface area contributed by atoms with Gasteiger partial charge in [-0.15, -0.1) is 0 Å². The molecule has 4 unspecified atom stereocenters. The van der Waals surface area contributed by atoms with E-state index in [-0.39, 0.29) is 0 Å². The predicted octanol–water partition coefficient (Wildman–Crippen LogP) is 20.7. The van der Waals surface area contributed by atoms with Crippen molar-refractivity contribution >= 4 is 58.8 Å². The van der Waals surface area contributed by atoms with Gasteiger partial charge in [0.25, 0.3) is 0 Å². The Morgan fingerprint density at radius 1 is 0.231 bits per heavy atom. The minimum Gasteiger partial charge on any atom is -0.494 e. The van der Waals surface area contributed by atoms with Gasteiger partial charge >= 0.3 is 0 Å². The van der Waals surface area contributed by atoms with Gasteiger partial charge in [0.15, 0.2) is 0 Å². The Morgan fingerprint density at radius 2 is 0.442 bits per heavy atom. The maximum Gasteiger partial charge on any atom is 0.130 e. The number of rotatable bonds is 32. The third-order valence-corrected chi connectivity index (χ3v) is 25.0. The Hall–Kier alpha value is -9.77. The molecule has 0 N–H and O–H groups in total. The quantitative estimate of drug-likeness (QED) is 0.0386. The van der Waals surface area contributed by atoms with E-state index in [9.17, 15) is 0 Å². The van der Waals surface area contributed by atoms with Crippen LogP contribution < -0.4 is 49.2 Å². The molecule has 12 rings (SSSR count). The Balaban J connectivity index is 0.000000210. The largest absolute Gasteiger partial charge is 0.494 e. The lowest BCUT2D eigenvalue weighted by Gasteiger charge is -2.43. The van der Waals surface area contributed by atoms with Crippen LogP contribution in [0.3, 0.4) is 0 Å². The Labute approximate surface area is 627 Å². The highest BCUT2D eigenvalue weighted by atomic mass is 28.2. The first-order valence-corrected chi connectivity index (χ1v) is 40.6. The van der Waals surface area contributed by atoms with Crippen LogP contribution in [0.25, 0.3) is 0 Å². The Morgan fingerprint density at radius 3 is 0.663 bits per heavy atom. The molecule has 8 nitrogen and oxygen atoms in total. The SMILES string of the molecule is CCOc1ccc([Si]CC(C)(OC(C)(C[Si]c2ccc(OCC)cc2)c2cccc(Oc3ccccc3)c2C)c2cccc(Oc3ccccc3)c2C)cc1.Cc1c(Oc2ccccc2)cccc1C(C)(C[Si]c1ccccc1)OC(C)(C[Si]c1ccccc1)c1cccc(Oc2ccccc2)c1C. The summed E-state index contributed by atoms with van der Waals surface area (Å²) >= 11 is 0. The first kappa shape index (κ1) is 75.4. The standard InChI is InChI=1S/C48H50O5Si2.C44H42O3Si2/c1-7-49-37-25-29-41(30-26-37)54-33-47(5,43-21-15-23-45(35(43)3)51-39-17-11-9-12-18-39)53-48(6,34-55-42-31-27-38(28-32-42)50-8-2)44-22-16-24-46(36(44)4)52-40-19-13-10-14-20-40;1-33-39(27-17-29-41(33)45-35-19-9-5-10-20-35)43(3,31-48-37-23-13-7-14-24-37)47-44(4,32-49-38-25-15-8-16-26-38)40-28-18-30-42(34(40)2)46-36-21-11-6-12-22-36/h9-32H,7-8,33-34H2,1-6H3;5-30H,31-32H2,1-4H3. The van der Waals surface area contributed by atoms with Gasteiger partial charge in [-0.05, 0) is 235 Å². The minimum absolute atomic E-state index is 0.482. The van der Waals surface area contributed by atoms with Crippen molar-refractivity contribution < 1.29 is 37.9 Å². The van der Waals surface area contributed by atoms with Crippen molar-refractivity contribution in [2.24, 2.45) is 0 Å². The molecule has 524 valence electrons. The lowest BCUT2D eigenvalue weighted by atomic mass is 9.88. The molecule has 0 aliphatic rings. The predicted molar refractivity (Wildman–Crippen MR) is 431 cm³/mol. The van der Waals surface area contributed by atoms with Crippen molar-refractivity contribution in [1.29, 1.82) is 0 Å². The van der Waals surface area contributed by atoms with E-state index >= 15 is 0 Å². The Kier molecular flexibility index (Phi) is 26.2. The summed E-state index contributed by atoms with van der Waals surface area (Å²) in [5, 5.41) is 5.13. The summed E-state index contributed by atoms with van der Waals surface area (Å²) in [5.74, 6) is 8.30. The average molecular weight is 1440 g/mol. The second kappa shape index (κ2) is 36.1. The first-order valence-electron chi connectivity index (χ1n) is 35.8. The second-order valence-corrected chi connectivity index (χ2v) is 31.7. The lowest BCUT2D eigenvalue weighted by Crippen LogP contribution is -2.41. The molecule has 0 amide bonds. The van der Waals surface area contributed by atoms with Gasteiger partial charge < -0.3 is 37.9 Å². The van der Waals surface area contributed by atoms with Gasteiger partial charge in [0.1, 0.15) is 57.5 Å². The van der Waals surface area contributed by atoms with Gasteiger partial charge in [0.05, 0.1) is 73.7 Å². The smallest absolute Gasteiger partial charge is 0.130 e. The molecule has 0 aliphatic heterocycles. The van der Waals surface area contributed by atoms with E-state index in [1.54, 1.807) is 0 Å². The highest BCUT2D eigenvalue weighted by Crippen LogP contribution is 2.48. The fourth-order valence-electron chi connectivity index (χ4n) is 13.3. The van der Waals surface area contributed by atoms with Crippen LogP contribution in [0.15, 0.2) is 303 Å². The lowest BCUT2D eigenvalue weighted by molar-refractivity contribution is -0.132. The van der Waals surface area contributed by atoms with E-state index in [0.29, 0.717) is 51.3 Å². The van der Waals surface area contributed by atoms with E-state index in [2.05, 4.69) is 225 Å². The normalized spacial score (nSPS) is 13.5. The second-order valence-electron chi connectivity index (χ2n) is 26.6. The fraction of sp³-hybridized carbons (Fsp3) is 0.217. The topological polar surface area (TPSA) is 73.8 Å². The fourth-order valence-corrected chi connectivity index (χ4v) is 18.1. The van der Waals surface area contributed by atoms with Crippen molar-refractivity contribution in [3.8, 4) is 57.5 Å². The summed E-state index contributed by atoms with van der Waals surface area (Å²) in [6.07, 6.45) is 0. The summed E-state index contributed by atoms with van der Waals surface area (Å²) < 4.78 is 52.9. The number of para-hydroxylation sites is 4. The minimum atomic E-state index is -0.710. The van der Waals surface area contributed by atoms with Gasteiger partial charge in [-0.25, -0.2) is 0 Å². The van der Waals surface area contributed by atoms with Gasteiger partial charge in [-0.2, -0.15) is 0 Å². The molecule has 8 radical (unpaired) electrons. The maximum atomic E-state index is 7.79. The summed E-state index contributed by atoms with van der Waals surface area (Å²) in [6.45, 7) is 22.9. The molecule has 0 saturated carbocycles. The maximum absolute atomic E-state index is 7.79. The Bertz CT molecular complexity index is 4340. The van der Waals surface area contributed by atoms with Gasteiger partial charge in [0.2, 0.25) is 0 Å². The summed E-state index contributed by atoms with van der Waals surface area (Å²) in [4.78, 5) is 0. The molecule has 0 bridgehead atoms. The molecular weight excluding hydrogens is 1350 g/mol. The van der Waals surface area contributed by atoms with E-state index in [1.165, 1.54) is 20.7 Å². The molecule has 12 heteroatoms. The van der Waals surface area contributed by atoms with Crippen molar-refractivity contribution in [3.05, 3.63) is 348 Å². The van der Waals surface area contributed by atoms with Gasteiger partial charge in [-0.1, -0.05) is 227 Å². The molecule has 104 heavy (non-hydrogen) atoms. The van der Waals surface area contributed by atoms with Gasteiger partial charge in [0, 0.05) is 0 Å². The zero-order valence-electron chi connectivity index (χ0n) is 61.4. The van der Waals surface area contributed by atoms with Crippen LogP contribution in [0, 0.1) is 27.7 Å². The third-order valence-electron chi connectivity index (χ3n) is 18.6. The monoisotopic (exact) mass is 1440 g/mol. The van der Waals surface area contributed by atoms with Crippen LogP contribution in [0.2, 0.25) is 24.2 Å². The van der Waals surface area contributed by atoms with Crippen molar-refractivity contribution in [1.82, 2.24) is 0 Å².